The Bertz CT molecular complexity index is 670. The zero-order valence-electron chi connectivity index (χ0n) is 10.7. The molecule has 1 fully saturated rings. The van der Waals surface area contributed by atoms with Gasteiger partial charge in [-0.15, -0.1) is 22.7 Å². The van der Waals surface area contributed by atoms with E-state index in [1.54, 1.807) is 27.8 Å². The summed E-state index contributed by atoms with van der Waals surface area (Å²) in [7, 11) is -3.31. The minimum atomic E-state index is -3.31. The summed E-state index contributed by atoms with van der Waals surface area (Å²) in [4.78, 5) is 1.38. The molecule has 0 unspecified atom stereocenters. The first kappa shape index (κ1) is 14.7. The van der Waals surface area contributed by atoms with Gasteiger partial charge in [0.1, 0.15) is 4.21 Å². The van der Waals surface area contributed by atoms with Crippen molar-refractivity contribution in [1.82, 2.24) is 4.31 Å². The molecular formula is C13H14BrNO2S3. The van der Waals surface area contributed by atoms with Crippen LogP contribution in [-0.4, -0.2) is 25.8 Å². The van der Waals surface area contributed by atoms with Crippen molar-refractivity contribution in [2.24, 2.45) is 0 Å². The van der Waals surface area contributed by atoms with Gasteiger partial charge in [-0.25, -0.2) is 8.42 Å². The molecule has 2 aromatic heterocycles. The number of halogens is 1. The summed E-state index contributed by atoms with van der Waals surface area (Å²) < 4.78 is 27.9. The second-order valence-corrected chi connectivity index (χ2v) is 10.4. The van der Waals surface area contributed by atoms with E-state index in [0.29, 0.717) is 23.2 Å². The van der Waals surface area contributed by atoms with Crippen LogP contribution in [0.1, 0.15) is 23.6 Å². The Hall–Kier alpha value is -0.210. The van der Waals surface area contributed by atoms with Crippen LogP contribution >= 0.6 is 38.6 Å². The van der Waals surface area contributed by atoms with E-state index in [1.807, 2.05) is 0 Å². The van der Waals surface area contributed by atoms with Crippen LogP contribution in [-0.2, 0) is 10.0 Å². The third kappa shape index (κ3) is 2.87. The molecule has 0 atom stereocenters. The molecule has 20 heavy (non-hydrogen) atoms. The van der Waals surface area contributed by atoms with Crippen molar-refractivity contribution in [3.8, 4) is 0 Å². The normalized spacial score (nSPS) is 18.4. The van der Waals surface area contributed by atoms with Crippen LogP contribution in [0.4, 0.5) is 0 Å². The fourth-order valence-electron chi connectivity index (χ4n) is 2.47. The van der Waals surface area contributed by atoms with Gasteiger partial charge in [0.15, 0.2) is 0 Å². The van der Waals surface area contributed by atoms with Gasteiger partial charge in [0.2, 0.25) is 0 Å². The second kappa shape index (κ2) is 5.88. The molecule has 3 heterocycles. The van der Waals surface area contributed by atoms with E-state index >= 15 is 0 Å². The molecule has 1 aliphatic rings. The SMILES string of the molecule is O=S(=O)(c1ccc(Br)s1)N1CCC(c2cccs2)CC1. The third-order valence-electron chi connectivity index (χ3n) is 3.54. The summed E-state index contributed by atoms with van der Waals surface area (Å²) in [5, 5.41) is 2.08. The minimum absolute atomic E-state index is 0.430. The highest BCUT2D eigenvalue weighted by Gasteiger charge is 2.31. The summed E-state index contributed by atoms with van der Waals surface area (Å²) in [5.41, 5.74) is 0. The van der Waals surface area contributed by atoms with Gasteiger partial charge in [-0.05, 0) is 58.3 Å². The molecule has 7 heteroatoms. The van der Waals surface area contributed by atoms with Gasteiger partial charge >= 0.3 is 0 Å². The van der Waals surface area contributed by atoms with Crippen LogP contribution in [0.3, 0.4) is 0 Å². The zero-order valence-corrected chi connectivity index (χ0v) is 14.7. The van der Waals surface area contributed by atoms with Crippen LogP contribution in [0.15, 0.2) is 37.6 Å². The number of thiophene rings is 2. The van der Waals surface area contributed by atoms with Crippen molar-refractivity contribution >= 4 is 48.6 Å². The molecule has 1 aliphatic heterocycles. The van der Waals surface area contributed by atoms with E-state index < -0.39 is 10.0 Å². The lowest BCUT2D eigenvalue weighted by molar-refractivity contribution is 0.322. The molecule has 3 rings (SSSR count). The lowest BCUT2D eigenvalue weighted by atomic mass is 9.97. The number of rotatable bonds is 3. The Labute approximate surface area is 135 Å². The van der Waals surface area contributed by atoms with Crippen LogP contribution < -0.4 is 0 Å². The van der Waals surface area contributed by atoms with Crippen molar-refractivity contribution in [3.63, 3.8) is 0 Å². The average molecular weight is 392 g/mol. The van der Waals surface area contributed by atoms with Crippen molar-refractivity contribution in [1.29, 1.82) is 0 Å². The average Bonchev–Trinajstić information content (AvgIpc) is 3.10. The highest BCUT2D eigenvalue weighted by Crippen LogP contribution is 2.34. The summed E-state index contributed by atoms with van der Waals surface area (Å²) in [6.45, 7) is 1.22. The van der Waals surface area contributed by atoms with E-state index in [4.69, 9.17) is 0 Å². The standard InChI is InChI=1S/C13H14BrNO2S3/c14-12-3-4-13(19-12)20(16,17)15-7-5-10(6-8-15)11-2-1-9-18-11/h1-4,9-10H,5-8H2. The van der Waals surface area contributed by atoms with Crippen LogP contribution in [0.25, 0.3) is 0 Å². The molecule has 2 aromatic rings. The summed E-state index contributed by atoms with van der Waals surface area (Å²) in [6.07, 6.45) is 1.82. The molecule has 0 amide bonds. The number of piperidine rings is 1. The van der Waals surface area contributed by atoms with Gasteiger partial charge < -0.3 is 0 Å². The predicted octanol–water partition coefficient (Wildman–Crippen LogP) is 4.14. The Morgan fingerprint density at radius 1 is 1.20 bits per heavy atom. The van der Waals surface area contributed by atoms with E-state index in [-0.39, 0.29) is 0 Å². The van der Waals surface area contributed by atoms with Crippen molar-refractivity contribution in [3.05, 3.63) is 38.3 Å². The zero-order chi connectivity index (χ0) is 14.2. The van der Waals surface area contributed by atoms with Gasteiger partial charge in [0, 0.05) is 18.0 Å². The highest BCUT2D eigenvalue weighted by atomic mass is 79.9. The van der Waals surface area contributed by atoms with Crippen molar-refractivity contribution < 1.29 is 8.42 Å². The maximum atomic E-state index is 12.5. The number of hydrogen-bond acceptors (Lipinski definition) is 4. The van der Waals surface area contributed by atoms with Gasteiger partial charge in [-0.3, -0.25) is 0 Å². The largest absolute Gasteiger partial charge is 0.252 e. The van der Waals surface area contributed by atoms with Crippen LogP contribution in [0.5, 0.6) is 0 Å². The topological polar surface area (TPSA) is 37.4 Å². The number of hydrogen-bond donors (Lipinski definition) is 0. The second-order valence-electron chi connectivity index (χ2n) is 4.75. The Balaban J connectivity index is 1.72. The first-order valence-electron chi connectivity index (χ1n) is 6.36. The van der Waals surface area contributed by atoms with E-state index in [9.17, 15) is 8.42 Å². The minimum Gasteiger partial charge on any atom is -0.206 e. The molecular weight excluding hydrogens is 378 g/mol. The van der Waals surface area contributed by atoms with E-state index in [2.05, 4.69) is 33.4 Å². The van der Waals surface area contributed by atoms with Gasteiger partial charge in [0.05, 0.1) is 3.79 Å². The molecule has 108 valence electrons. The van der Waals surface area contributed by atoms with Gasteiger partial charge in [-0.2, -0.15) is 4.31 Å². The number of nitrogens with zero attached hydrogens (tertiary/aromatic N) is 1. The van der Waals surface area contributed by atoms with Crippen LogP contribution in [0.2, 0.25) is 0 Å². The maximum Gasteiger partial charge on any atom is 0.252 e. The molecule has 1 saturated heterocycles. The monoisotopic (exact) mass is 391 g/mol. The van der Waals surface area contributed by atoms with Gasteiger partial charge in [0.25, 0.3) is 10.0 Å². The number of sulfonamides is 1. The molecule has 0 radical (unpaired) electrons. The molecule has 0 aliphatic carbocycles. The third-order valence-corrected chi connectivity index (χ3v) is 8.57. The van der Waals surface area contributed by atoms with E-state index in [1.165, 1.54) is 16.2 Å². The lowest BCUT2D eigenvalue weighted by Gasteiger charge is -2.30. The highest BCUT2D eigenvalue weighted by molar-refractivity contribution is 9.11. The predicted molar refractivity (Wildman–Crippen MR) is 87.1 cm³/mol. The fraction of sp³-hybridized carbons (Fsp3) is 0.385. The molecule has 0 bridgehead atoms. The quantitative estimate of drug-likeness (QED) is 0.787. The van der Waals surface area contributed by atoms with E-state index in [0.717, 1.165) is 16.6 Å². The Morgan fingerprint density at radius 3 is 2.50 bits per heavy atom. The van der Waals surface area contributed by atoms with Crippen LogP contribution in [0, 0.1) is 0 Å². The van der Waals surface area contributed by atoms with Crippen molar-refractivity contribution in [2.75, 3.05) is 13.1 Å². The van der Waals surface area contributed by atoms with Crippen molar-refractivity contribution in [2.45, 2.75) is 23.0 Å². The lowest BCUT2D eigenvalue weighted by Crippen LogP contribution is -2.37. The summed E-state index contributed by atoms with van der Waals surface area (Å²) >= 11 is 6.36. The summed E-state index contributed by atoms with van der Waals surface area (Å²) in [5.74, 6) is 0.511. The Kier molecular flexibility index (Phi) is 4.33. The first-order chi connectivity index (χ1) is 9.57. The maximum absolute atomic E-state index is 12.5. The molecule has 3 nitrogen and oxygen atoms in total. The fourth-order valence-corrected chi connectivity index (χ4v) is 7.00. The molecule has 0 saturated carbocycles. The summed E-state index contributed by atoms with van der Waals surface area (Å²) in [6, 6.07) is 7.67. The molecule has 0 N–H and O–H groups in total. The first-order valence-corrected chi connectivity index (χ1v) is 10.3. The smallest absolute Gasteiger partial charge is 0.206 e. The molecule has 0 aromatic carbocycles. The van der Waals surface area contributed by atoms with Gasteiger partial charge in [-0.1, -0.05) is 6.07 Å². The Morgan fingerprint density at radius 2 is 1.95 bits per heavy atom. The molecule has 0 spiro atoms.